The van der Waals surface area contributed by atoms with Crippen LogP contribution < -0.4 is 9.47 Å². The molecule has 0 radical (unpaired) electrons. The van der Waals surface area contributed by atoms with E-state index in [2.05, 4.69) is 40.0 Å². The second-order valence-corrected chi connectivity index (χ2v) is 5.83. The molecule has 4 heteroatoms. The van der Waals surface area contributed by atoms with Crippen LogP contribution in [-0.2, 0) is 6.42 Å². The van der Waals surface area contributed by atoms with Crippen molar-refractivity contribution in [1.82, 2.24) is 0 Å². The van der Waals surface area contributed by atoms with Crippen molar-refractivity contribution in [2.24, 2.45) is 4.99 Å². The van der Waals surface area contributed by atoms with Crippen molar-refractivity contribution in [3.05, 3.63) is 52.0 Å². The van der Waals surface area contributed by atoms with E-state index in [-0.39, 0.29) is 0 Å². The minimum Gasteiger partial charge on any atom is -0.490 e. The van der Waals surface area contributed by atoms with Crippen LogP contribution in [0.25, 0.3) is 0 Å². The molecule has 122 valence electrons. The average Bonchev–Trinajstić information content (AvgIpc) is 2.57. The molecular weight excluding hydrogens is 354 g/mol. The van der Waals surface area contributed by atoms with E-state index < -0.39 is 0 Å². The Kier molecular flexibility index (Phi) is 6.66. The number of aryl methyl sites for hydroxylation is 1. The standard InChI is InChI=1S/C19H22BrNO2/c1-4-14-7-9-16(10-8-14)21-13-15-11-17(20)19(23-6-3)18(12-15)22-5-2/h7-13H,4-6H2,1-3H3. The lowest BCUT2D eigenvalue weighted by atomic mass is 10.1. The van der Waals surface area contributed by atoms with Crippen molar-refractivity contribution in [2.45, 2.75) is 27.2 Å². The summed E-state index contributed by atoms with van der Waals surface area (Å²) in [6.07, 6.45) is 2.87. The molecule has 0 aromatic heterocycles. The van der Waals surface area contributed by atoms with Crippen LogP contribution in [0.2, 0.25) is 0 Å². The smallest absolute Gasteiger partial charge is 0.175 e. The Bertz CT molecular complexity index is 666. The first kappa shape index (κ1) is 17.5. The Morgan fingerprint density at radius 3 is 2.30 bits per heavy atom. The molecular formula is C19H22BrNO2. The number of ether oxygens (including phenoxy) is 2. The van der Waals surface area contributed by atoms with Gasteiger partial charge in [0.1, 0.15) is 0 Å². The molecule has 3 nitrogen and oxygen atoms in total. The number of aliphatic imine (C=N–C) groups is 1. The third-order valence-corrected chi connectivity index (χ3v) is 3.92. The summed E-state index contributed by atoms with van der Waals surface area (Å²) in [6.45, 7) is 7.24. The number of halogens is 1. The van der Waals surface area contributed by atoms with Crippen molar-refractivity contribution in [1.29, 1.82) is 0 Å². The average molecular weight is 376 g/mol. The van der Waals surface area contributed by atoms with E-state index in [1.165, 1.54) is 5.56 Å². The van der Waals surface area contributed by atoms with Crippen LogP contribution in [0.1, 0.15) is 31.9 Å². The fourth-order valence-corrected chi connectivity index (χ4v) is 2.75. The lowest BCUT2D eigenvalue weighted by Crippen LogP contribution is -2.00. The van der Waals surface area contributed by atoms with Gasteiger partial charge in [0.15, 0.2) is 11.5 Å². The van der Waals surface area contributed by atoms with Crippen molar-refractivity contribution in [3.8, 4) is 11.5 Å². The molecule has 2 rings (SSSR count). The maximum atomic E-state index is 5.68. The van der Waals surface area contributed by atoms with Crippen molar-refractivity contribution < 1.29 is 9.47 Å². The second-order valence-electron chi connectivity index (χ2n) is 4.97. The maximum Gasteiger partial charge on any atom is 0.175 e. The third-order valence-electron chi connectivity index (χ3n) is 3.33. The molecule has 0 spiro atoms. The SMILES string of the molecule is CCOc1cc(C=Nc2ccc(CC)cc2)cc(Br)c1OCC. The summed E-state index contributed by atoms with van der Waals surface area (Å²) in [5, 5.41) is 0. The van der Waals surface area contributed by atoms with E-state index >= 15 is 0 Å². The molecule has 0 amide bonds. The Morgan fingerprint density at radius 2 is 1.70 bits per heavy atom. The topological polar surface area (TPSA) is 30.8 Å². The zero-order valence-electron chi connectivity index (χ0n) is 13.8. The molecule has 23 heavy (non-hydrogen) atoms. The minimum atomic E-state index is 0.589. The Balaban J connectivity index is 2.26. The fourth-order valence-electron chi connectivity index (χ4n) is 2.18. The first-order chi connectivity index (χ1) is 11.2. The molecule has 0 unspecified atom stereocenters. The molecule has 0 heterocycles. The second kappa shape index (κ2) is 8.73. The molecule has 2 aromatic carbocycles. The highest BCUT2D eigenvalue weighted by Gasteiger charge is 2.11. The van der Waals surface area contributed by atoms with Crippen LogP contribution in [-0.4, -0.2) is 19.4 Å². The van der Waals surface area contributed by atoms with Gasteiger partial charge in [-0.3, -0.25) is 4.99 Å². The molecule has 0 aliphatic rings. The highest BCUT2D eigenvalue weighted by molar-refractivity contribution is 9.10. The van der Waals surface area contributed by atoms with Gasteiger partial charge in [-0.05, 0) is 71.6 Å². The number of nitrogens with zero attached hydrogens (tertiary/aromatic N) is 1. The first-order valence-corrected chi connectivity index (χ1v) is 8.69. The summed E-state index contributed by atoms with van der Waals surface area (Å²) >= 11 is 3.55. The van der Waals surface area contributed by atoms with Gasteiger partial charge in [0.05, 0.1) is 23.4 Å². The van der Waals surface area contributed by atoms with Gasteiger partial charge in [0.25, 0.3) is 0 Å². The summed E-state index contributed by atoms with van der Waals surface area (Å²) in [5.41, 5.74) is 3.21. The van der Waals surface area contributed by atoms with E-state index in [0.29, 0.717) is 13.2 Å². The van der Waals surface area contributed by atoms with Crippen LogP contribution in [0, 0.1) is 0 Å². The number of rotatable bonds is 7. The summed E-state index contributed by atoms with van der Waals surface area (Å²) in [6, 6.07) is 12.2. The molecule has 0 bridgehead atoms. The van der Waals surface area contributed by atoms with Gasteiger partial charge >= 0.3 is 0 Å². The van der Waals surface area contributed by atoms with Gasteiger partial charge < -0.3 is 9.47 Å². The van der Waals surface area contributed by atoms with E-state index in [9.17, 15) is 0 Å². The Hall–Kier alpha value is -1.81. The molecule has 0 saturated heterocycles. The summed E-state index contributed by atoms with van der Waals surface area (Å²) < 4.78 is 12.2. The predicted octanol–water partition coefficient (Wildman–Crippen LogP) is 5.56. The zero-order chi connectivity index (χ0) is 16.7. The van der Waals surface area contributed by atoms with Gasteiger partial charge in [-0.1, -0.05) is 19.1 Å². The summed E-state index contributed by atoms with van der Waals surface area (Å²) in [4.78, 5) is 4.53. The zero-order valence-corrected chi connectivity index (χ0v) is 15.4. The van der Waals surface area contributed by atoms with E-state index in [1.54, 1.807) is 0 Å². The van der Waals surface area contributed by atoms with Gasteiger partial charge in [-0.15, -0.1) is 0 Å². The van der Waals surface area contributed by atoms with E-state index in [1.807, 2.05) is 44.3 Å². The maximum absolute atomic E-state index is 5.68. The highest BCUT2D eigenvalue weighted by Crippen LogP contribution is 2.36. The lowest BCUT2D eigenvalue weighted by molar-refractivity contribution is 0.286. The molecule has 0 atom stereocenters. The van der Waals surface area contributed by atoms with Crippen LogP contribution in [0.3, 0.4) is 0 Å². The van der Waals surface area contributed by atoms with Crippen molar-refractivity contribution in [3.63, 3.8) is 0 Å². The van der Waals surface area contributed by atoms with Gasteiger partial charge in [-0.2, -0.15) is 0 Å². The quantitative estimate of drug-likeness (QED) is 0.593. The molecule has 0 N–H and O–H groups in total. The highest BCUT2D eigenvalue weighted by atomic mass is 79.9. The van der Waals surface area contributed by atoms with Crippen molar-refractivity contribution in [2.75, 3.05) is 13.2 Å². The lowest BCUT2D eigenvalue weighted by Gasteiger charge is -2.13. The summed E-state index contributed by atoms with van der Waals surface area (Å²) in [7, 11) is 0. The molecule has 0 fully saturated rings. The predicted molar refractivity (Wildman–Crippen MR) is 99.6 cm³/mol. The van der Waals surface area contributed by atoms with Crippen LogP contribution in [0.4, 0.5) is 5.69 Å². The fraction of sp³-hybridized carbons (Fsp3) is 0.316. The normalized spacial score (nSPS) is 11.0. The molecule has 0 aliphatic carbocycles. The Morgan fingerprint density at radius 1 is 1.00 bits per heavy atom. The largest absolute Gasteiger partial charge is 0.490 e. The summed E-state index contributed by atoms with van der Waals surface area (Å²) in [5.74, 6) is 1.46. The molecule has 0 saturated carbocycles. The Labute approximate surface area is 146 Å². The van der Waals surface area contributed by atoms with Crippen LogP contribution in [0.15, 0.2) is 45.9 Å². The van der Waals surface area contributed by atoms with Crippen LogP contribution in [0.5, 0.6) is 11.5 Å². The number of benzene rings is 2. The first-order valence-electron chi connectivity index (χ1n) is 7.90. The van der Waals surface area contributed by atoms with Gasteiger partial charge in [-0.25, -0.2) is 0 Å². The van der Waals surface area contributed by atoms with E-state index in [4.69, 9.17) is 9.47 Å². The monoisotopic (exact) mass is 375 g/mol. The number of hydrogen-bond donors (Lipinski definition) is 0. The molecule has 0 aliphatic heterocycles. The van der Waals surface area contributed by atoms with Crippen molar-refractivity contribution >= 4 is 27.8 Å². The molecule has 2 aromatic rings. The third kappa shape index (κ3) is 4.83. The number of hydrogen-bond acceptors (Lipinski definition) is 3. The minimum absolute atomic E-state index is 0.589. The van der Waals surface area contributed by atoms with Crippen LogP contribution >= 0.6 is 15.9 Å². The van der Waals surface area contributed by atoms with Gasteiger partial charge in [0.2, 0.25) is 0 Å². The van der Waals surface area contributed by atoms with E-state index in [0.717, 1.165) is 33.6 Å². The van der Waals surface area contributed by atoms with Gasteiger partial charge in [0, 0.05) is 6.21 Å².